The van der Waals surface area contributed by atoms with E-state index in [1.54, 1.807) is 18.2 Å². The van der Waals surface area contributed by atoms with E-state index >= 15 is 0 Å². The Hall–Kier alpha value is 0.206. The normalized spacial score (nSPS) is 18.5. The van der Waals surface area contributed by atoms with Gasteiger partial charge in [0.2, 0.25) is 0 Å². The number of methoxy groups -OCH3 is 2. The van der Waals surface area contributed by atoms with E-state index in [9.17, 15) is 0 Å². The summed E-state index contributed by atoms with van der Waals surface area (Å²) in [6, 6.07) is 12.9. The molecule has 3 saturated carbocycles. The fraction of sp³-hybridized carbons (Fsp3) is 0.639. The molecule has 0 amide bonds. The van der Waals surface area contributed by atoms with Crippen LogP contribution in [0.5, 0.6) is 11.5 Å². The second-order valence-corrected chi connectivity index (χ2v) is 13.6. The fourth-order valence-corrected chi connectivity index (χ4v) is 7.41. The monoisotopic (exact) mass is 794 g/mol. The molecule has 0 aromatic heterocycles. The third-order valence-electron chi connectivity index (χ3n) is 8.56. The van der Waals surface area contributed by atoms with E-state index in [-0.39, 0.29) is 40.0 Å². The van der Waals surface area contributed by atoms with Crippen molar-refractivity contribution in [3.63, 3.8) is 0 Å². The molecular formula is C36H53Br3MgO3. The van der Waals surface area contributed by atoms with Crippen LogP contribution in [0.1, 0.15) is 132 Å². The van der Waals surface area contributed by atoms with Gasteiger partial charge >= 0.3 is 23.1 Å². The summed E-state index contributed by atoms with van der Waals surface area (Å²) in [6.45, 7) is 2.00. The van der Waals surface area contributed by atoms with Gasteiger partial charge in [0, 0.05) is 22.2 Å². The van der Waals surface area contributed by atoms with Crippen LogP contribution in [0.2, 0.25) is 0 Å². The van der Waals surface area contributed by atoms with Gasteiger partial charge in [-0.1, -0.05) is 95.7 Å². The van der Waals surface area contributed by atoms with Crippen molar-refractivity contribution in [1.82, 2.24) is 0 Å². The smallest absolute Gasteiger partial charge is 1.00 e. The summed E-state index contributed by atoms with van der Waals surface area (Å²) >= 11 is 6.69. The van der Waals surface area contributed by atoms with E-state index in [0.29, 0.717) is 0 Å². The Kier molecular flexibility index (Phi) is 24.3. The second kappa shape index (κ2) is 25.3. The molecule has 2 aromatic rings. The zero-order valence-corrected chi connectivity index (χ0v) is 32.9. The Morgan fingerprint density at radius 1 is 0.581 bits per heavy atom. The first-order chi connectivity index (χ1) is 20.1. The standard InChI is InChI=1S/C19H28O.C7H6Br2O.C6H11.C4H8O.BrH.Mg/c1-20-19-13-17(15-8-4-2-5-9-15)12-18(14-19)16-10-6-3-7-11-16;1-10-7-3-5(8)2-6(9)4-7;1-2-4-6-5-3-1;1-2-4-5-3-1;;/h12-16H,2-11H2,1H3;2-4H,1H3;1H,2-6H2;1-4H2;1H;/q;;-1;;;+2/p-1. The van der Waals surface area contributed by atoms with Crippen molar-refractivity contribution in [2.24, 2.45) is 0 Å². The molecule has 0 atom stereocenters. The van der Waals surface area contributed by atoms with Crippen LogP contribution in [0.4, 0.5) is 0 Å². The number of rotatable bonds is 4. The van der Waals surface area contributed by atoms with Crippen LogP contribution >= 0.6 is 31.9 Å². The minimum absolute atomic E-state index is 0. The van der Waals surface area contributed by atoms with Crippen LogP contribution in [0.15, 0.2) is 45.3 Å². The maximum absolute atomic E-state index is 5.58. The average Bonchev–Trinajstić information content (AvgIpc) is 3.63. The van der Waals surface area contributed by atoms with E-state index in [4.69, 9.17) is 14.2 Å². The number of ether oxygens (including phenoxy) is 3. The van der Waals surface area contributed by atoms with Crippen LogP contribution in [-0.2, 0) is 4.74 Å². The first kappa shape index (κ1) is 41.2. The molecule has 0 unspecified atom stereocenters. The van der Waals surface area contributed by atoms with Gasteiger partial charge in [-0.2, -0.15) is 12.8 Å². The fourth-order valence-electron chi connectivity index (χ4n) is 6.16. The molecule has 4 aliphatic rings. The Balaban J connectivity index is 0.000000334. The number of benzene rings is 2. The average molecular weight is 798 g/mol. The van der Waals surface area contributed by atoms with Gasteiger partial charge in [0.05, 0.1) is 14.2 Å². The molecule has 1 heterocycles. The Morgan fingerprint density at radius 2 is 1.00 bits per heavy atom. The Labute approximate surface area is 306 Å². The third kappa shape index (κ3) is 17.1. The molecule has 0 N–H and O–H groups in total. The van der Waals surface area contributed by atoms with Crippen molar-refractivity contribution < 1.29 is 31.2 Å². The van der Waals surface area contributed by atoms with Crippen LogP contribution in [0.3, 0.4) is 0 Å². The van der Waals surface area contributed by atoms with E-state index in [2.05, 4.69) is 56.5 Å². The molecule has 0 radical (unpaired) electrons. The molecule has 4 fully saturated rings. The van der Waals surface area contributed by atoms with Crippen LogP contribution in [0, 0.1) is 6.42 Å². The number of halogens is 3. The van der Waals surface area contributed by atoms with Crippen LogP contribution in [-0.4, -0.2) is 50.5 Å². The van der Waals surface area contributed by atoms with Gasteiger partial charge in [0.1, 0.15) is 11.5 Å². The molecule has 3 aliphatic carbocycles. The molecule has 6 rings (SSSR count). The molecule has 3 nitrogen and oxygen atoms in total. The van der Waals surface area contributed by atoms with Crippen molar-refractivity contribution in [2.45, 2.75) is 121 Å². The van der Waals surface area contributed by atoms with Gasteiger partial charge in [-0.15, -0.1) is 0 Å². The summed E-state index contributed by atoms with van der Waals surface area (Å²) in [4.78, 5) is 0. The predicted molar refractivity (Wildman–Crippen MR) is 186 cm³/mol. The number of hydrogen-bond acceptors (Lipinski definition) is 3. The topological polar surface area (TPSA) is 27.7 Å². The summed E-state index contributed by atoms with van der Waals surface area (Å²) in [5, 5.41) is 0. The molecular weight excluding hydrogens is 744 g/mol. The zero-order chi connectivity index (χ0) is 29.1. The van der Waals surface area contributed by atoms with E-state index in [1.807, 2.05) is 25.3 Å². The molecule has 1 aliphatic heterocycles. The molecule has 0 bridgehead atoms. The van der Waals surface area contributed by atoms with Crippen molar-refractivity contribution in [3.8, 4) is 11.5 Å². The maximum Gasteiger partial charge on any atom is 2.00 e. The van der Waals surface area contributed by atoms with E-state index in [1.165, 1.54) is 109 Å². The Bertz CT molecular complexity index is 895. The van der Waals surface area contributed by atoms with Crippen molar-refractivity contribution >= 4 is 54.9 Å². The third-order valence-corrected chi connectivity index (χ3v) is 9.47. The van der Waals surface area contributed by atoms with Gasteiger partial charge < -0.3 is 37.6 Å². The largest absolute Gasteiger partial charge is 2.00 e. The molecule has 0 spiro atoms. The van der Waals surface area contributed by atoms with Crippen molar-refractivity contribution in [3.05, 3.63) is 62.9 Å². The van der Waals surface area contributed by atoms with Gasteiger partial charge in [0.15, 0.2) is 0 Å². The van der Waals surface area contributed by atoms with Crippen molar-refractivity contribution in [2.75, 3.05) is 27.4 Å². The van der Waals surface area contributed by atoms with E-state index < -0.39 is 0 Å². The SMILES string of the molecule is C1CCOC1.COc1cc(Br)cc(Br)c1.COc1cc(C2CCCCC2)cc(C2CCCCC2)c1.[Br-].[CH-]1CCCCC1.[Mg+2]. The van der Waals surface area contributed by atoms with Crippen LogP contribution in [0.25, 0.3) is 0 Å². The molecule has 1 saturated heterocycles. The van der Waals surface area contributed by atoms with Gasteiger partial charge in [0.25, 0.3) is 0 Å². The first-order valence-corrected chi connectivity index (χ1v) is 17.8. The van der Waals surface area contributed by atoms with Gasteiger partial charge in [-0.3, -0.25) is 0 Å². The summed E-state index contributed by atoms with van der Waals surface area (Å²) in [5.74, 6) is 3.48. The first-order valence-electron chi connectivity index (χ1n) is 16.2. The predicted octanol–water partition coefficient (Wildman–Crippen LogP) is 8.59. The Morgan fingerprint density at radius 3 is 1.33 bits per heavy atom. The van der Waals surface area contributed by atoms with Gasteiger partial charge in [-0.05, 0) is 91.8 Å². The molecule has 238 valence electrons. The zero-order valence-electron chi connectivity index (χ0n) is 26.7. The minimum Gasteiger partial charge on any atom is -1.00 e. The molecule has 43 heavy (non-hydrogen) atoms. The summed E-state index contributed by atoms with van der Waals surface area (Å²) in [6.07, 6.45) is 26.0. The summed E-state index contributed by atoms with van der Waals surface area (Å²) in [7, 11) is 3.46. The summed E-state index contributed by atoms with van der Waals surface area (Å²) < 4.78 is 17.6. The maximum atomic E-state index is 5.58. The van der Waals surface area contributed by atoms with Crippen molar-refractivity contribution in [1.29, 1.82) is 0 Å². The van der Waals surface area contributed by atoms with Gasteiger partial charge in [-0.25, -0.2) is 0 Å². The number of hydrogen-bond donors (Lipinski definition) is 0. The van der Waals surface area contributed by atoms with Crippen LogP contribution < -0.4 is 26.5 Å². The van der Waals surface area contributed by atoms with E-state index in [0.717, 1.165) is 45.5 Å². The molecule has 7 heteroatoms. The summed E-state index contributed by atoms with van der Waals surface area (Å²) in [5.41, 5.74) is 3.09. The second-order valence-electron chi connectivity index (χ2n) is 11.8. The minimum atomic E-state index is 0. The quantitative estimate of drug-likeness (QED) is 0.229. The molecule has 2 aromatic carbocycles.